The molecule has 7 heteroatoms. The maximum atomic E-state index is 13.4. The first-order valence-corrected chi connectivity index (χ1v) is 6.79. The van der Waals surface area contributed by atoms with Gasteiger partial charge in [0.1, 0.15) is 11.6 Å². The van der Waals surface area contributed by atoms with Crippen LogP contribution in [-0.4, -0.2) is 31.7 Å². The van der Waals surface area contributed by atoms with E-state index in [0.717, 1.165) is 0 Å². The van der Waals surface area contributed by atoms with Crippen molar-refractivity contribution in [1.29, 1.82) is 0 Å². The van der Waals surface area contributed by atoms with Crippen LogP contribution in [0.2, 0.25) is 0 Å². The average Bonchev–Trinajstić information content (AvgIpc) is 2.86. The van der Waals surface area contributed by atoms with Crippen molar-refractivity contribution in [1.82, 2.24) is 9.55 Å². The second-order valence-corrected chi connectivity index (χ2v) is 5.23. The molecule has 22 heavy (non-hydrogen) atoms. The fourth-order valence-corrected chi connectivity index (χ4v) is 2.78. The third kappa shape index (κ3) is 2.34. The molecule has 0 fully saturated rings. The number of aromatic carboxylic acids is 1. The molecule has 3 rings (SSSR count). The van der Waals surface area contributed by atoms with Crippen molar-refractivity contribution in [3.63, 3.8) is 0 Å². The Kier molecular flexibility index (Phi) is 3.40. The van der Waals surface area contributed by atoms with E-state index in [-0.39, 0.29) is 12.1 Å². The summed E-state index contributed by atoms with van der Waals surface area (Å²) in [4.78, 5) is 26.6. The number of aromatic nitrogens is 2. The van der Waals surface area contributed by atoms with Crippen LogP contribution in [0.15, 0.2) is 24.3 Å². The number of nitrogens with zero attached hydrogens (tertiary/aromatic N) is 2. The maximum Gasteiger partial charge on any atom is 0.356 e. The van der Waals surface area contributed by atoms with E-state index in [0.29, 0.717) is 30.0 Å². The second kappa shape index (κ2) is 5.25. The van der Waals surface area contributed by atoms with Gasteiger partial charge in [-0.15, -0.1) is 0 Å². The standard InChI is InChI=1S/C15H13FN2O4/c16-10-3-1-2-8(6-10)13-17-12(15(21)22)11-7-9(14(19)20)4-5-18(11)13/h1-3,6,9H,4-5,7H2,(H,19,20)(H,21,22). The highest BCUT2D eigenvalue weighted by molar-refractivity contribution is 5.88. The van der Waals surface area contributed by atoms with E-state index in [1.165, 1.54) is 18.2 Å². The first-order chi connectivity index (χ1) is 10.5. The molecule has 1 atom stereocenters. The second-order valence-electron chi connectivity index (χ2n) is 5.23. The number of fused-ring (bicyclic) bond motifs is 1. The minimum atomic E-state index is -1.21. The molecule has 0 bridgehead atoms. The van der Waals surface area contributed by atoms with E-state index < -0.39 is 23.7 Å². The Bertz CT molecular complexity index is 769. The summed E-state index contributed by atoms with van der Waals surface area (Å²) in [6.07, 6.45) is 0.499. The third-order valence-corrected chi connectivity index (χ3v) is 3.85. The quantitative estimate of drug-likeness (QED) is 0.905. The van der Waals surface area contributed by atoms with Gasteiger partial charge in [-0.1, -0.05) is 12.1 Å². The van der Waals surface area contributed by atoms with Crippen molar-refractivity contribution in [3.05, 3.63) is 41.5 Å². The molecule has 1 aromatic carbocycles. The Morgan fingerprint density at radius 2 is 2.09 bits per heavy atom. The number of hydrogen-bond donors (Lipinski definition) is 2. The van der Waals surface area contributed by atoms with Crippen molar-refractivity contribution in [2.75, 3.05) is 0 Å². The Labute approximate surface area is 124 Å². The summed E-state index contributed by atoms with van der Waals surface area (Å²) in [5.74, 6) is -2.86. The monoisotopic (exact) mass is 304 g/mol. The molecular formula is C15H13FN2O4. The lowest BCUT2D eigenvalue weighted by Gasteiger charge is -2.22. The molecule has 0 radical (unpaired) electrons. The number of carbonyl (C=O) groups is 2. The highest BCUT2D eigenvalue weighted by Crippen LogP contribution is 2.30. The van der Waals surface area contributed by atoms with Gasteiger partial charge in [-0.25, -0.2) is 14.2 Å². The van der Waals surface area contributed by atoms with Gasteiger partial charge in [-0.05, 0) is 18.6 Å². The molecule has 6 nitrogen and oxygen atoms in total. The molecular weight excluding hydrogens is 291 g/mol. The van der Waals surface area contributed by atoms with Crippen molar-refractivity contribution < 1.29 is 24.2 Å². The van der Waals surface area contributed by atoms with Gasteiger partial charge in [0.2, 0.25) is 0 Å². The lowest BCUT2D eigenvalue weighted by molar-refractivity contribution is -0.142. The third-order valence-electron chi connectivity index (χ3n) is 3.85. The predicted octanol–water partition coefficient (Wildman–Crippen LogP) is 2.03. The Morgan fingerprint density at radius 3 is 2.73 bits per heavy atom. The van der Waals surface area contributed by atoms with Gasteiger partial charge in [-0.3, -0.25) is 4.79 Å². The van der Waals surface area contributed by atoms with Gasteiger partial charge >= 0.3 is 11.9 Å². The SMILES string of the molecule is O=C(O)c1nc(-c2cccc(F)c2)n2c1CC(C(=O)O)CC2. The molecule has 0 spiro atoms. The van der Waals surface area contributed by atoms with Crippen LogP contribution in [0.25, 0.3) is 11.4 Å². The van der Waals surface area contributed by atoms with E-state index in [2.05, 4.69) is 4.98 Å². The zero-order valence-corrected chi connectivity index (χ0v) is 11.5. The Balaban J connectivity index is 2.13. The van der Waals surface area contributed by atoms with Gasteiger partial charge in [0.25, 0.3) is 0 Å². The maximum absolute atomic E-state index is 13.4. The molecule has 2 aromatic rings. The van der Waals surface area contributed by atoms with Crippen LogP contribution >= 0.6 is 0 Å². The largest absolute Gasteiger partial charge is 0.481 e. The topological polar surface area (TPSA) is 92.4 Å². The average molecular weight is 304 g/mol. The van der Waals surface area contributed by atoms with Gasteiger partial charge in [0, 0.05) is 18.5 Å². The number of carboxylic acid groups (broad SMARTS) is 2. The minimum Gasteiger partial charge on any atom is -0.481 e. The number of halogens is 1. The van der Waals surface area contributed by atoms with Gasteiger partial charge in [0.15, 0.2) is 5.69 Å². The molecule has 2 N–H and O–H groups in total. The number of hydrogen-bond acceptors (Lipinski definition) is 3. The fraction of sp³-hybridized carbons (Fsp3) is 0.267. The Morgan fingerprint density at radius 1 is 1.32 bits per heavy atom. The lowest BCUT2D eigenvalue weighted by Crippen LogP contribution is -2.26. The fourth-order valence-electron chi connectivity index (χ4n) is 2.78. The summed E-state index contributed by atoms with van der Waals surface area (Å²) >= 11 is 0. The molecule has 0 saturated carbocycles. The van der Waals surface area contributed by atoms with E-state index in [4.69, 9.17) is 5.11 Å². The summed E-state index contributed by atoms with van der Waals surface area (Å²) < 4.78 is 15.1. The van der Waals surface area contributed by atoms with Crippen LogP contribution in [0.4, 0.5) is 4.39 Å². The molecule has 0 aliphatic carbocycles. The van der Waals surface area contributed by atoms with Crippen molar-refractivity contribution in [2.24, 2.45) is 5.92 Å². The highest BCUT2D eigenvalue weighted by Gasteiger charge is 2.31. The summed E-state index contributed by atoms with van der Waals surface area (Å²) in [5.41, 5.74) is 0.693. The summed E-state index contributed by atoms with van der Waals surface area (Å²) in [6.45, 7) is 0.346. The summed E-state index contributed by atoms with van der Waals surface area (Å²) in [6, 6.07) is 5.75. The highest BCUT2D eigenvalue weighted by atomic mass is 19.1. The number of aliphatic carboxylic acids is 1. The van der Waals surface area contributed by atoms with Gasteiger partial charge < -0.3 is 14.8 Å². The first kappa shape index (κ1) is 14.2. The van der Waals surface area contributed by atoms with E-state index in [9.17, 15) is 19.1 Å². The normalized spacial score (nSPS) is 17.0. The smallest absolute Gasteiger partial charge is 0.356 e. The summed E-state index contributed by atoms with van der Waals surface area (Å²) in [7, 11) is 0. The minimum absolute atomic E-state index is 0.110. The summed E-state index contributed by atoms with van der Waals surface area (Å²) in [5, 5.41) is 18.4. The number of benzene rings is 1. The molecule has 1 aliphatic rings. The van der Waals surface area contributed by atoms with Crippen LogP contribution in [0, 0.1) is 11.7 Å². The van der Waals surface area contributed by atoms with E-state index in [1.54, 1.807) is 10.6 Å². The molecule has 1 unspecified atom stereocenters. The molecule has 1 aliphatic heterocycles. The van der Waals surface area contributed by atoms with E-state index in [1.807, 2.05) is 0 Å². The zero-order chi connectivity index (χ0) is 15.9. The molecule has 2 heterocycles. The van der Waals surface area contributed by atoms with Crippen LogP contribution in [0.5, 0.6) is 0 Å². The zero-order valence-electron chi connectivity index (χ0n) is 11.5. The van der Waals surface area contributed by atoms with Crippen molar-refractivity contribution in [2.45, 2.75) is 19.4 Å². The lowest BCUT2D eigenvalue weighted by atomic mass is 9.95. The predicted molar refractivity (Wildman–Crippen MR) is 74.0 cm³/mol. The number of rotatable bonds is 3. The Hall–Kier alpha value is -2.70. The van der Waals surface area contributed by atoms with Crippen LogP contribution in [0.3, 0.4) is 0 Å². The number of imidazole rings is 1. The van der Waals surface area contributed by atoms with Gasteiger partial charge in [0.05, 0.1) is 11.6 Å². The van der Waals surface area contributed by atoms with E-state index >= 15 is 0 Å². The molecule has 1 aromatic heterocycles. The first-order valence-electron chi connectivity index (χ1n) is 6.79. The van der Waals surface area contributed by atoms with Crippen LogP contribution in [-0.2, 0) is 17.8 Å². The van der Waals surface area contributed by atoms with Crippen molar-refractivity contribution in [3.8, 4) is 11.4 Å². The number of carboxylic acids is 2. The van der Waals surface area contributed by atoms with Crippen LogP contribution < -0.4 is 0 Å². The molecule has 114 valence electrons. The molecule has 0 amide bonds. The van der Waals surface area contributed by atoms with Crippen LogP contribution in [0.1, 0.15) is 22.6 Å². The van der Waals surface area contributed by atoms with Crippen molar-refractivity contribution >= 4 is 11.9 Å². The van der Waals surface area contributed by atoms with Gasteiger partial charge in [-0.2, -0.15) is 0 Å². The molecule has 0 saturated heterocycles.